The van der Waals surface area contributed by atoms with Gasteiger partial charge in [0.05, 0.1) is 26.4 Å². The van der Waals surface area contributed by atoms with Crippen molar-refractivity contribution in [3.8, 4) is 0 Å². The van der Waals surface area contributed by atoms with E-state index in [9.17, 15) is 43.2 Å². The van der Waals surface area contributed by atoms with Gasteiger partial charge in [-0.1, -0.05) is 375 Å². The summed E-state index contributed by atoms with van der Waals surface area (Å²) in [5.74, 6) is -0.654. The fourth-order valence-electron chi connectivity index (χ4n) is 12.5. The van der Waals surface area contributed by atoms with Crippen LogP contribution in [0.2, 0.25) is 0 Å². The molecule has 100 heavy (non-hydrogen) atoms. The Hall–Kier alpha value is -1.94. The Morgan fingerprint density at radius 3 is 0.680 bits per heavy atom. The molecule has 0 aliphatic heterocycles. The minimum atomic E-state index is -4.96. The molecular weight excluding hydrogens is 1310 g/mol. The molecule has 0 saturated heterocycles. The summed E-state index contributed by atoms with van der Waals surface area (Å²) in [5.41, 5.74) is 0. The number of hydrogen-bond donors (Lipinski definition) is 3. The molecule has 17 nitrogen and oxygen atoms in total. The lowest BCUT2D eigenvalue weighted by molar-refractivity contribution is -0.161. The largest absolute Gasteiger partial charge is 0.472 e. The first kappa shape index (κ1) is 98.1. The minimum absolute atomic E-state index is 0.106. The Labute approximate surface area is 613 Å². The standard InChI is InChI=1S/C81H158O17P2/c1-7-9-11-13-15-17-19-21-23-25-27-29-31-36-40-44-51-57-63-78(83)91-69-76(97-80(85)65-59-53-45-41-37-32-30-28-26-24-22-20-18-16-14-12-10-8-2)71-95-99(87,88)93-67-75(82)68-94-100(89,90)96-72-77(70-92-79(84)64-58-52-48-47-50-56-62-74(5)6)98-81(86)66-60-54-46-42-38-34-33-35-39-43-49-55-61-73(3)4/h73-77,82H,7-72H2,1-6H3,(H,87,88)(H,89,90)/t75-,76-,77-/m1/s1. The van der Waals surface area contributed by atoms with Gasteiger partial charge in [-0.15, -0.1) is 0 Å². The number of ether oxygens (including phenoxy) is 4. The molecule has 0 aliphatic rings. The molecule has 0 spiro atoms. The van der Waals surface area contributed by atoms with Gasteiger partial charge in [0.1, 0.15) is 19.3 Å². The van der Waals surface area contributed by atoms with Crippen molar-refractivity contribution in [2.75, 3.05) is 39.6 Å². The molecule has 0 amide bonds. The van der Waals surface area contributed by atoms with Crippen molar-refractivity contribution in [1.82, 2.24) is 0 Å². The lowest BCUT2D eigenvalue weighted by Gasteiger charge is -2.21. The van der Waals surface area contributed by atoms with E-state index in [4.69, 9.17) is 37.0 Å². The molecule has 19 heteroatoms. The minimum Gasteiger partial charge on any atom is -0.462 e. The number of esters is 4. The van der Waals surface area contributed by atoms with Crippen LogP contribution in [-0.2, 0) is 65.4 Å². The maximum Gasteiger partial charge on any atom is 0.472 e. The predicted octanol–water partition coefficient (Wildman–Crippen LogP) is 24.3. The van der Waals surface area contributed by atoms with Crippen LogP contribution in [-0.4, -0.2) is 96.7 Å². The number of carbonyl (C=O) groups excluding carboxylic acids is 4. The number of unbranched alkanes of at least 4 members (excludes halogenated alkanes) is 50. The van der Waals surface area contributed by atoms with Crippen molar-refractivity contribution >= 4 is 39.5 Å². The predicted molar refractivity (Wildman–Crippen MR) is 409 cm³/mol. The van der Waals surface area contributed by atoms with E-state index in [1.54, 1.807) is 0 Å². The normalized spacial score (nSPS) is 13.9. The van der Waals surface area contributed by atoms with E-state index in [1.165, 1.54) is 238 Å². The Bertz CT molecular complexity index is 1920. The molecule has 0 saturated carbocycles. The molecule has 0 heterocycles. The summed E-state index contributed by atoms with van der Waals surface area (Å²) in [7, 11) is -9.92. The second-order valence-corrected chi connectivity index (χ2v) is 33.0. The number of carbonyl (C=O) groups is 4. The quantitative estimate of drug-likeness (QED) is 0.0222. The average Bonchev–Trinajstić information content (AvgIpc) is 0.924. The van der Waals surface area contributed by atoms with E-state index in [0.29, 0.717) is 31.6 Å². The van der Waals surface area contributed by atoms with Gasteiger partial charge in [0.25, 0.3) is 0 Å². The number of aliphatic hydroxyl groups is 1. The first-order chi connectivity index (χ1) is 48.4. The molecule has 594 valence electrons. The lowest BCUT2D eigenvalue weighted by Crippen LogP contribution is -2.30. The smallest absolute Gasteiger partial charge is 0.462 e. The van der Waals surface area contributed by atoms with E-state index in [-0.39, 0.29) is 25.7 Å². The Balaban J connectivity index is 5.22. The Morgan fingerprint density at radius 1 is 0.270 bits per heavy atom. The molecule has 0 aromatic rings. The molecule has 3 N–H and O–H groups in total. The summed E-state index contributed by atoms with van der Waals surface area (Å²) in [4.78, 5) is 73.0. The second kappa shape index (κ2) is 72.6. The molecule has 0 bridgehead atoms. The van der Waals surface area contributed by atoms with Crippen LogP contribution in [0.5, 0.6) is 0 Å². The Morgan fingerprint density at radius 2 is 0.460 bits per heavy atom. The van der Waals surface area contributed by atoms with Crippen LogP contribution in [0.3, 0.4) is 0 Å². The fraction of sp³-hybridized carbons (Fsp3) is 0.951. The summed E-state index contributed by atoms with van der Waals surface area (Å²) in [6.45, 7) is 9.56. The number of phosphoric acid groups is 2. The zero-order chi connectivity index (χ0) is 73.5. The molecular formula is C81H158O17P2. The number of aliphatic hydroxyl groups excluding tert-OH is 1. The molecule has 0 rings (SSSR count). The maximum atomic E-state index is 13.1. The van der Waals surface area contributed by atoms with E-state index < -0.39 is 97.5 Å². The maximum absolute atomic E-state index is 13.1. The van der Waals surface area contributed by atoms with Gasteiger partial charge in [-0.05, 0) is 37.5 Å². The number of rotatable bonds is 80. The monoisotopic (exact) mass is 1470 g/mol. The summed E-state index contributed by atoms with van der Waals surface area (Å²) in [6.07, 6.45) is 62.6. The zero-order valence-electron chi connectivity index (χ0n) is 65.5. The molecule has 2 unspecified atom stereocenters. The van der Waals surface area contributed by atoms with Crippen molar-refractivity contribution in [3.63, 3.8) is 0 Å². The summed E-state index contributed by atoms with van der Waals surface area (Å²) in [6, 6.07) is 0. The lowest BCUT2D eigenvalue weighted by atomic mass is 10.0. The highest BCUT2D eigenvalue weighted by molar-refractivity contribution is 7.47. The van der Waals surface area contributed by atoms with Crippen molar-refractivity contribution < 1.29 is 80.2 Å². The molecule has 5 atom stereocenters. The van der Waals surface area contributed by atoms with Crippen molar-refractivity contribution in [2.24, 2.45) is 11.8 Å². The summed E-state index contributed by atoms with van der Waals surface area (Å²) < 4.78 is 68.7. The molecule has 0 aromatic heterocycles. The van der Waals surface area contributed by atoms with Gasteiger partial charge in [0.2, 0.25) is 0 Å². The van der Waals surface area contributed by atoms with Crippen molar-refractivity contribution in [2.45, 2.75) is 445 Å². The highest BCUT2D eigenvalue weighted by Crippen LogP contribution is 2.45. The summed E-state index contributed by atoms with van der Waals surface area (Å²) in [5, 5.41) is 10.6. The van der Waals surface area contributed by atoms with E-state index in [0.717, 1.165) is 102 Å². The van der Waals surface area contributed by atoms with Crippen molar-refractivity contribution in [3.05, 3.63) is 0 Å². The Kier molecular flexibility index (Phi) is 71.2. The van der Waals surface area contributed by atoms with E-state index >= 15 is 0 Å². The van der Waals surface area contributed by atoms with Gasteiger partial charge in [-0.25, -0.2) is 9.13 Å². The van der Waals surface area contributed by atoms with E-state index in [1.807, 2.05) is 0 Å². The topological polar surface area (TPSA) is 237 Å². The van der Waals surface area contributed by atoms with Crippen LogP contribution >= 0.6 is 15.6 Å². The van der Waals surface area contributed by atoms with E-state index in [2.05, 4.69) is 41.5 Å². The highest BCUT2D eigenvalue weighted by atomic mass is 31.2. The van der Waals surface area contributed by atoms with Gasteiger partial charge in [0, 0.05) is 25.7 Å². The van der Waals surface area contributed by atoms with Crippen LogP contribution in [0.4, 0.5) is 0 Å². The first-order valence-electron chi connectivity index (χ1n) is 42.0. The molecule has 0 aliphatic carbocycles. The fourth-order valence-corrected chi connectivity index (χ4v) is 14.1. The van der Waals surface area contributed by atoms with Crippen LogP contribution in [0.15, 0.2) is 0 Å². The van der Waals surface area contributed by atoms with Gasteiger partial charge < -0.3 is 33.8 Å². The highest BCUT2D eigenvalue weighted by Gasteiger charge is 2.30. The van der Waals surface area contributed by atoms with Crippen LogP contribution in [0, 0.1) is 11.8 Å². The van der Waals surface area contributed by atoms with Gasteiger partial charge in [-0.3, -0.25) is 37.3 Å². The van der Waals surface area contributed by atoms with Crippen LogP contribution < -0.4 is 0 Å². The van der Waals surface area contributed by atoms with Crippen LogP contribution in [0.25, 0.3) is 0 Å². The third kappa shape index (κ3) is 74.3. The molecule has 0 aromatic carbocycles. The third-order valence-electron chi connectivity index (χ3n) is 19.0. The van der Waals surface area contributed by atoms with Gasteiger partial charge in [0.15, 0.2) is 12.2 Å². The first-order valence-corrected chi connectivity index (χ1v) is 45.0. The van der Waals surface area contributed by atoms with Crippen molar-refractivity contribution in [1.29, 1.82) is 0 Å². The SMILES string of the molecule is CCCCCCCCCCCCCCCCCCCCC(=O)OC[C@H](COP(=O)(O)OC[C@@H](O)COP(=O)(O)OC[C@@H](COC(=O)CCCCCCCCC(C)C)OC(=O)CCCCCCCCCCCCCCC(C)C)OC(=O)CCCCCCCCCCCCCCCCCCCC. The number of hydrogen-bond acceptors (Lipinski definition) is 15. The van der Waals surface area contributed by atoms with Crippen LogP contribution in [0.1, 0.15) is 427 Å². The number of phosphoric ester groups is 2. The second-order valence-electron chi connectivity index (χ2n) is 30.1. The molecule has 0 radical (unpaired) electrons. The van der Waals surface area contributed by atoms with Gasteiger partial charge in [-0.2, -0.15) is 0 Å². The third-order valence-corrected chi connectivity index (χ3v) is 20.9. The molecule has 0 fully saturated rings. The van der Waals surface area contributed by atoms with Gasteiger partial charge >= 0.3 is 39.5 Å². The average molecular weight is 1470 g/mol. The zero-order valence-corrected chi connectivity index (χ0v) is 67.3. The summed E-state index contributed by atoms with van der Waals surface area (Å²) >= 11 is 0.